The summed E-state index contributed by atoms with van der Waals surface area (Å²) in [5, 5.41) is 0. The van der Waals surface area contributed by atoms with Crippen molar-refractivity contribution in [2.24, 2.45) is 0 Å². The number of esters is 1. The second-order valence-corrected chi connectivity index (χ2v) is 4.50. The van der Waals surface area contributed by atoms with Crippen molar-refractivity contribution < 1.29 is 14.3 Å². The van der Waals surface area contributed by atoms with Gasteiger partial charge in [-0.2, -0.15) is 0 Å². The number of rotatable bonds is 6. The number of hydrogen-bond donors (Lipinski definition) is 0. The lowest BCUT2D eigenvalue weighted by Gasteiger charge is -2.06. The molecule has 0 heterocycles. The molecule has 0 atom stereocenters. The summed E-state index contributed by atoms with van der Waals surface area (Å²) in [4.78, 5) is 11.6. The van der Waals surface area contributed by atoms with Crippen LogP contribution in [-0.4, -0.2) is 12.6 Å². The van der Waals surface area contributed by atoms with Crippen molar-refractivity contribution in [3.05, 3.63) is 52.7 Å². The highest BCUT2D eigenvalue weighted by atomic mass is 79.9. The Hall–Kier alpha value is -1.55. The Morgan fingerprint density at radius 2 is 2.11 bits per heavy atom. The molecule has 0 N–H and O–H groups in total. The van der Waals surface area contributed by atoms with Gasteiger partial charge in [-0.3, -0.25) is 0 Å². The van der Waals surface area contributed by atoms with Gasteiger partial charge in [-0.15, -0.1) is 0 Å². The fourth-order valence-corrected chi connectivity index (χ4v) is 1.65. The molecule has 0 bridgehead atoms. The zero-order valence-corrected chi connectivity index (χ0v) is 12.6. The van der Waals surface area contributed by atoms with Crippen molar-refractivity contribution in [3.63, 3.8) is 0 Å². The number of ether oxygens (including phenoxy) is 2. The average Bonchev–Trinajstić information content (AvgIpc) is 2.40. The van der Waals surface area contributed by atoms with Crippen LogP contribution in [0.3, 0.4) is 0 Å². The van der Waals surface area contributed by atoms with Crippen molar-refractivity contribution in [3.8, 4) is 5.75 Å². The summed E-state index contributed by atoms with van der Waals surface area (Å²) in [6, 6.07) is 5.10. The summed E-state index contributed by atoms with van der Waals surface area (Å²) in [5.74, 6) is 0.224. The smallest absolute Gasteiger partial charge is 0.338 e. The largest absolute Gasteiger partial charge is 0.464 e. The van der Waals surface area contributed by atoms with Crippen LogP contribution in [0.4, 0.5) is 0 Å². The van der Waals surface area contributed by atoms with Crippen molar-refractivity contribution in [2.45, 2.75) is 20.3 Å². The van der Waals surface area contributed by atoms with Crippen LogP contribution in [0.5, 0.6) is 5.75 Å². The van der Waals surface area contributed by atoms with E-state index in [4.69, 9.17) is 9.47 Å². The summed E-state index contributed by atoms with van der Waals surface area (Å²) < 4.78 is 11.2. The number of halogens is 1. The lowest BCUT2D eigenvalue weighted by Crippen LogP contribution is -2.04. The van der Waals surface area contributed by atoms with E-state index in [2.05, 4.69) is 22.9 Å². The van der Waals surface area contributed by atoms with Gasteiger partial charge in [-0.1, -0.05) is 19.1 Å². The minimum Gasteiger partial charge on any atom is -0.464 e. The summed E-state index contributed by atoms with van der Waals surface area (Å²) in [5.41, 5.74) is 0.470. The van der Waals surface area contributed by atoms with Crippen LogP contribution in [0.15, 0.2) is 47.2 Å². The molecule has 0 radical (unpaired) electrons. The van der Waals surface area contributed by atoms with E-state index < -0.39 is 0 Å². The molecule has 102 valence electrons. The maximum atomic E-state index is 11.6. The fraction of sp³-hybridized carbons (Fsp3) is 0.267. The first-order valence-electron chi connectivity index (χ1n) is 6.14. The molecular formula is C15H17BrO3. The van der Waals surface area contributed by atoms with Gasteiger partial charge in [0.25, 0.3) is 0 Å². The lowest BCUT2D eigenvalue weighted by atomic mass is 10.2. The molecule has 0 saturated heterocycles. The van der Waals surface area contributed by atoms with E-state index in [9.17, 15) is 4.79 Å². The fourth-order valence-electron chi connectivity index (χ4n) is 1.31. The number of allylic oxidation sites excluding steroid dienone is 3. The monoisotopic (exact) mass is 324 g/mol. The Morgan fingerprint density at radius 1 is 1.32 bits per heavy atom. The second kappa shape index (κ2) is 8.53. The van der Waals surface area contributed by atoms with Gasteiger partial charge in [0, 0.05) is 0 Å². The highest BCUT2D eigenvalue weighted by Gasteiger charge is 2.09. The Labute approximate surface area is 122 Å². The average molecular weight is 325 g/mol. The van der Waals surface area contributed by atoms with Gasteiger partial charge in [0.05, 0.1) is 22.9 Å². The van der Waals surface area contributed by atoms with Crippen LogP contribution in [0.25, 0.3) is 0 Å². The van der Waals surface area contributed by atoms with Gasteiger partial charge in [0.15, 0.2) is 0 Å². The van der Waals surface area contributed by atoms with Gasteiger partial charge in [0.2, 0.25) is 0 Å². The Morgan fingerprint density at radius 3 is 2.79 bits per heavy atom. The number of carbonyl (C=O) groups is 1. The van der Waals surface area contributed by atoms with E-state index >= 15 is 0 Å². The highest BCUT2D eigenvalue weighted by Crippen LogP contribution is 2.26. The molecule has 0 fully saturated rings. The standard InChI is InChI=1S/C15H17BrO3/c1-3-5-6-7-10-19-14-11-12(8-9-13(14)16)15(17)18-4-2/h5-11H,3-4H2,1-2H3/b6-5-,10-7?. The first-order chi connectivity index (χ1) is 9.19. The van der Waals surface area contributed by atoms with Crippen molar-refractivity contribution in [2.75, 3.05) is 6.61 Å². The molecule has 0 amide bonds. The SMILES string of the molecule is CC/C=C\C=COc1cc(C(=O)OCC)ccc1Br. The second-order valence-electron chi connectivity index (χ2n) is 3.65. The van der Waals surface area contributed by atoms with E-state index in [1.807, 2.05) is 12.2 Å². The number of hydrogen-bond acceptors (Lipinski definition) is 3. The van der Waals surface area contributed by atoms with Gasteiger partial charge in [-0.25, -0.2) is 4.79 Å². The third kappa shape index (κ3) is 5.30. The zero-order valence-electron chi connectivity index (χ0n) is 11.1. The third-order valence-corrected chi connectivity index (χ3v) is 2.85. The molecule has 19 heavy (non-hydrogen) atoms. The molecule has 1 rings (SSSR count). The minimum absolute atomic E-state index is 0.352. The van der Waals surface area contributed by atoms with Crippen molar-refractivity contribution in [1.82, 2.24) is 0 Å². The number of benzene rings is 1. The van der Waals surface area contributed by atoms with Crippen LogP contribution in [0, 0.1) is 0 Å². The predicted molar refractivity (Wildman–Crippen MR) is 79.3 cm³/mol. The maximum absolute atomic E-state index is 11.6. The molecule has 0 spiro atoms. The van der Waals surface area contributed by atoms with Crippen LogP contribution >= 0.6 is 15.9 Å². The summed E-state index contributed by atoms with van der Waals surface area (Å²) in [6.07, 6.45) is 8.27. The minimum atomic E-state index is -0.352. The quantitative estimate of drug-likeness (QED) is 0.439. The molecule has 0 aromatic heterocycles. The molecule has 0 aliphatic carbocycles. The summed E-state index contributed by atoms with van der Waals surface area (Å²) in [7, 11) is 0. The van der Waals surface area contributed by atoms with Crippen LogP contribution in [0.2, 0.25) is 0 Å². The Balaban J connectivity index is 2.77. The van der Waals surface area contributed by atoms with Crippen LogP contribution in [-0.2, 0) is 4.74 Å². The van der Waals surface area contributed by atoms with Gasteiger partial charge in [0.1, 0.15) is 5.75 Å². The van der Waals surface area contributed by atoms with E-state index in [-0.39, 0.29) is 5.97 Å². The van der Waals surface area contributed by atoms with Crippen LogP contribution in [0.1, 0.15) is 30.6 Å². The third-order valence-electron chi connectivity index (χ3n) is 2.20. The zero-order chi connectivity index (χ0) is 14.1. The van der Waals surface area contributed by atoms with E-state index in [1.165, 1.54) is 0 Å². The van der Waals surface area contributed by atoms with Crippen molar-refractivity contribution >= 4 is 21.9 Å². The molecule has 1 aromatic rings. The Kier molecular flexibility index (Phi) is 6.97. The highest BCUT2D eigenvalue weighted by molar-refractivity contribution is 9.10. The van der Waals surface area contributed by atoms with Crippen molar-refractivity contribution in [1.29, 1.82) is 0 Å². The predicted octanol–water partition coefficient (Wildman–Crippen LogP) is 4.48. The molecule has 3 nitrogen and oxygen atoms in total. The lowest BCUT2D eigenvalue weighted by molar-refractivity contribution is 0.0526. The normalized spacial score (nSPS) is 11.1. The number of carbonyl (C=O) groups excluding carboxylic acids is 1. The first kappa shape index (κ1) is 15.5. The molecule has 0 unspecified atom stereocenters. The molecule has 4 heteroatoms. The maximum Gasteiger partial charge on any atom is 0.338 e. The molecule has 0 saturated carbocycles. The van der Waals surface area contributed by atoms with Gasteiger partial charge in [-0.05, 0) is 53.5 Å². The Bertz CT molecular complexity index is 478. The molecule has 0 aliphatic rings. The molecule has 1 aromatic carbocycles. The van der Waals surface area contributed by atoms with Gasteiger partial charge >= 0.3 is 5.97 Å². The van der Waals surface area contributed by atoms with Gasteiger partial charge < -0.3 is 9.47 Å². The topological polar surface area (TPSA) is 35.5 Å². The van der Waals surface area contributed by atoms with E-state index in [0.717, 1.165) is 10.9 Å². The van der Waals surface area contributed by atoms with Crippen LogP contribution < -0.4 is 4.74 Å². The van der Waals surface area contributed by atoms with E-state index in [0.29, 0.717) is 17.9 Å². The summed E-state index contributed by atoms with van der Waals surface area (Å²) >= 11 is 3.37. The first-order valence-corrected chi connectivity index (χ1v) is 6.93. The summed E-state index contributed by atoms with van der Waals surface area (Å²) in [6.45, 7) is 4.19. The molecular weight excluding hydrogens is 308 g/mol. The van der Waals surface area contributed by atoms with E-state index in [1.54, 1.807) is 37.5 Å². The molecule has 0 aliphatic heterocycles.